The molecule has 0 aliphatic carbocycles. The van der Waals surface area contributed by atoms with Crippen molar-refractivity contribution in [2.24, 2.45) is 5.73 Å². The molecule has 0 spiro atoms. The third kappa shape index (κ3) is 3.69. The molecule has 0 aliphatic heterocycles. The topological polar surface area (TPSA) is 113 Å². The van der Waals surface area contributed by atoms with Gasteiger partial charge in [-0.2, -0.15) is 0 Å². The highest BCUT2D eigenvalue weighted by Crippen LogP contribution is 2.35. The van der Waals surface area contributed by atoms with Crippen molar-refractivity contribution in [3.8, 4) is 0 Å². The number of carbonyl (C=O) groups is 1. The van der Waals surface area contributed by atoms with E-state index < -0.39 is 5.91 Å². The maximum atomic E-state index is 12.7. The second-order valence-corrected chi connectivity index (χ2v) is 6.66. The van der Waals surface area contributed by atoms with Crippen molar-refractivity contribution >= 4 is 40.2 Å². The van der Waals surface area contributed by atoms with Crippen molar-refractivity contribution in [2.45, 2.75) is 16.5 Å². The molecule has 0 radical (unpaired) electrons. The van der Waals surface area contributed by atoms with Crippen LogP contribution < -0.4 is 11.3 Å². The lowest BCUT2D eigenvalue weighted by Crippen LogP contribution is -2.22. The van der Waals surface area contributed by atoms with Crippen LogP contribution in [-0.4, -0.2) is 39.1 Å². The summed E-state index contributed by atoms with van der Waals surface area (Å²) >= 11 is 7.64. The van der Waals surface area contributed by atoms with Crippen LogP contribution in [0, 0.1) is 0 Å². The van der Waals surface area contributed by atoms with Crippen molar-refractivity contribution in [3.05, 3.63) is 51.9 Å². The maximum Gasteiger partial charge on any atom is 0.268 e. The van der Waals surface area contributed by atoms with Crippen LogP contribution in [0.2, 0.25) is 5.02 Å². The summed E-state index contributed by atoms with van der Waals surface area (Å²) < 4.78 is 6.44. The van der Waals surface area contributed by atoms with Crippen molar-refractivity contribution in [1.82, 2.24) is 19.5 Å². The van der Waals surface area contributed by atoms with E-state index in [1.165, 1.54) is 35.0 Å². The maximum absolute atomic E-state index is 12.7. The number of primary amides is 1. The minimum absolute atomic E-state index is 0.0514. The average Bonchev–Trinajstić information content (AvgIpc) is 2.63. The van der Waals surface area contributed by atoms with Gasteiger partial charge in [0.05, 0.1) is 47.8 Å². The molecular formula is C16H14ClN5O3S. The molecule has 26 heavy (non-hydrogen) atoms. The SMILES string of the molecule is COCCn1cnc2ccc(Sc3cncc(C(N)=O)n3)c(Cl)c2c1=O. The van der Waals surface area contributed by atoms with Crippen LogP contribution in [-0.2, 0) is 11.3 Å². The fourth-order valence-electron chi connectivity index (χ4n) is 2.24. The Morgan fingerprint density at radius 2 is 2.19 bits per heavy atom. The van der Waals surface area contributed by atoms with Gasteiger partial charge in [0.25, 0.3) is 11.5 Å². The van der Waals surface area contributed by atoms with E-state index in [2.05, 4.69) is 15.0 Å². The van der Waals surface area contributed by atoms with E-state index in [9.17, 15) is 9.59 Å². The smallest absolute Gasteiger partial charge is 0.268 e. The number of methoxy groups -OCH3 is 1. The van der Waals surface area contributed by atoms with Gasteiger partial charge in [-0.1, -0.05) is 23.4 Å². The molecule has 0 bridgehead atoms. The molecule has 0 atom stereocenters. The third-order valence-electron chi connectivity index (χ3n) is 3.51. The van der Waals surface area contributed by atoms with Gasteiger partial charge in [-0.05, 0) is 12.1 Å². The first-order chi connectivity index (χ1) is 12.5. The zero-order valence-corrected chi connectivity index (χ0v) is 15.3. The zero-order chi connectivity index (χ0) is 18.7. The van der Waals surface area contributed by atoms with Crippen molar-refractivity contribution < 1.29 is 9.53 Å². The van der Waals surface area contributed by atoms with E-state index in [4.69, 9.17) is 22.1 Å². The monoisotopic (exact) mass is 391 g/mol. The molecular weight excluding hydrogens is 378 g/mol. The summed E-state index contributed by atoms with van der Waals surface area (Å²) in [6.07, 6.45) is 4.24. The van der Waals surface area contributed by atoms with Gasteiger partial charge in [-0.15, -0.1) is 0 Å². The highest BCUT2D eigenvalue weighted by molar-refractivity contribution is 7.99. The molecule has 0 unspecified atom stereocenters. The number of nitrogens with zero attached hydrogens (tertiary/aromatic N) is 4. The summed E-state index contributed by atoms with van der Waals surface area (Å²) in [4.78, 5) is 36.8. The third-order valence-corrected chi connectivity index (χ3v) is 4.98. The van der Waals surface area contributed by atoms with Gasteiger partial charge >= 0.3 is 0 Å². The van der Waals surface area contributed by atoms with Crippen LogP contribution in [0.25, 0.3) is 10.9 Å². The molecule has 1 amide bonds. The molecule has 0 saturated carbocycles. The van der Waals surface area contributed by atoms with Crippen LogP contribution >= 0.6 is 23.4 Å². The highest BCUT2D eigenvalue weighted by Gasteiger charge is 2.14. The number of fused-ring (bicyclic) bond motifs is 1. The van der Waals surface area contributed by atoms with Gasteiger partial charge in [0.15, 0.2) is 0 Å². The van der Waals surface area contributed by atoms with Gasteiger partial charge in [-0.25, -0.2) is 9.97 Å². The number of benzene rings is 1. The Balaban J connectivity index is 2.03. The number of carbonyl (C=O) groups excluding carboxylic acids is 1. The van der Waals surface area contributed by atoms with Crippen molar-refractivity contribution in [3.63, 3.8) is 0 Å². The Labute approximate surface area is 157 Å². The Bertz CT molecular complexity index is 1040. The number of hydrogen-bond donors (Lipinski definition) is 1. The minimum Gasteiger partial charge on any atom is -0.383 e. The normalized spacial score (nSPS) is 11.0. The quantitative estimate of drug-likeness (QED) is 0.680. The predicted molar refractivity (Wildman–Crippen MR) is 97.6 cm³/mol. The number of ether oxygens (including phenoxy) is 1. The minimum atomic E-state index is -0.671. The van der Waals surface area contributed by atoms with Gasteiger partial charge in [0.2, 0.25) is 0 Å². The summed E-state index contributed by atoms with van der Waals surface area (Å²) in [5.74, 6) is -0.671. The molecule has 8 nitrogen and oxygen atoms in total. The molecule has 3 aromatic rings. The largest absolute Gasteiger partial charge is 0.383 e. The Kier molecular flexibility index (Phi) is 5.50. The number of rotatable bonds is 6. The molecule has 10 heteroatoms. The van der Waals surface area contributed by atoms with E-state index in [1.54, 1.807) is 19.2 Å². The van der Waals surface area contributed by atoms with Crippen LogP contribution in [0.1, 0.15) is 10.5 Å². The molecule has 0 aliphatic rings. The Morgan fingerprint density at radius 1 is 1.38 bits per heavy atom. The second-order valence-electron chi connectivity index (χ2n) is 5.22. The summed E-state index contributed by atoms with van der Waals surface area (Å²) in [7, 11) is 1.56. The molecule has 2 aromatic heterocycles. The van der Waals surface area contributed by atoms with Crippen LogP contribution in [0.15, 0.2) is 45.6 Å². The Hall–Kier alpha value is -2.49. The molecule has 2 N–H and O–H groups in total. The molecule has 0 fully saturated rings. The number of halogens is 1. The first kappa shape index (κ1) is 18.3. The van der Waals surface area contributed by atoms with E-state index in [0.717, 1.165) is 0 Å². The lowest BCUT2D eigenvalue weighted by Gasteiger charge is -2.09. The standard InChI is InChI=1S/C16H14ClN5O3S/c1-25-5-4-22-8-20-9-2-3-11(14(17)13(9)16(22)24)26-12-7-19-6-10(21-12)15(18)23/h2-3,6-8H,4-5H2,1H3,(H2,18,23). The van der Waals surface area contributed by atoms with Gasteiger partial charge in [0.1, 0.15) is 10.7 Å². The fourth-order valence-corrected chi connectivity index (χ4v) is 3.41. The molecule has 1 aromatic carbocycles. The highest BCUT2D eigenvalue weighted by atomic mass is 35.5. The summed E-state index contributed by atoms with van der Waals surface area (Å²) in [5.41, 5.74) is 5.51. The molecule has 2 heterocycles. The number of aromatic nitrogens is 4. The van der Waals surface area contributed by atoms with Gasteiger partial charge < -0.3 is 10.5 Å². The van der Waals surface area contributed by atoms with Gasteiger partial charge in [0, 0.05) is 12.0 Å². The first-order valence-electron chi connectivity index (χ1n) is 7.47. The van der Waals surface area contributed by atoms with Crippen molar-refractivity contribution in [1.29, 1.82) is 0 Å². The van der Waals surface area contributed by atoms with E-state index in [-0.39, 0.29) is 16.3 Å². The van der Waals surface area contributed by atoms with E-state index >= 15 is 0 Å². The van der Waals surface area contributed by atoms with E-state index in [0.29, 0.717) is 34.0 Å². The van der Waals surface area contributed by atoms with Gasteiger partial charge in [-0.3, -0.25) is 19.1 Å². The van der Waals surface area contributed by atoms with Crippen LogP contribution in [0.4, 0.5) is 0 Å². The first-order valence-corrected chi connectivity index (χ1v) is 8.67. The summed E-state index contributed by atoms with van der Waals surface area (Å²) in [6.45, 7) is 0.757. The van der Waals surface area contributed by atoms with Crippen LogP contribution in [0.3, 0.4) is 0 Å². The average molecular weight is 392 g/mol. The zero-order valence-electron chi connectivity index (χ0n) is 13.7. The van der Waals surface area contributed by atoms with Crippen molar-refractivity contribution in [2.75, 3.05) is 13.7 Å². The molecule has 134 valence electrons. The summed E-state index contributed by atoms with van der Waals surface area (Å²) in [5, 5.41) is 1.02. The number of hydrogen-bond acceptors (Lipinski definition) is 7. The summed E-state index contributed by atoms with van der Waals surface area (Å²) in [6, 6.07) is 3.44. The van der Waals surface area contributed by atoms with E-state index in [1.807, 2.05) is 0 Å². The predicted octanol–water partition coefficient (Wildman–Crippen LogP) is 1.74. The molecule has 0 saturated heterocycles. The number of amides is 1. The molecule has 3 rings (SSSR count). The van der Waals surface area contributed by atoms with Crippen LogP contribution in [0.5, 0.6) is 0 Å². The lowest BCUT2D eigenvalue weighted by atomic mass is 10.2. The Morgan fingerprint density at radius 3 is 2.92 bits per heavy atom. The second kappa shape index (κ2) is 7.81. The number of nitrogens with two attached hydrogens (primary N) is 1. The fraction of sp³-hybridized carbons (Fsp3) is 0.188. The lowest BCUT2D eigenvalue weighted by molar-refractivity contribution is 0.0994.